The number of nitrogens with zero attached hydrogens (tertiary/aromatic N) is 2. The maximum Gasteiger partial charge on any atom is 0.306 e. The van der Waals surface area contributed by atoms with E-state index in [-0.39, 0.29) is 35.1 Å². The van der Waals surface area contributed by atoms with Crippen LogP contribution in [0.5, 0.6) is 5.88 Å². The third kappa shape index (κ3) is 5.32. The summed E-state index contributed by atoms with van der Waals surface area (Å²) in [6, 6.07) is 7.61. The largest absolute Gasteiger partial charge is 0.472 e. The minimum atomic E-state index is -0.315. The SMILES string of the molecule is CCOC(=O)CCc1ccccc1COc1nc(C)n(C(C)C)c(=O)c1Cl. The summed E-state index contributed by atoms with van der Waals surface area (Å²) >= 11 is 6.18. The zero-order valence-electron chi connectivity index (χ0n) is 16.1. The Hall–Kier alpha value is -2.34. The van der Waals surface area contributed by atoms with E-state index in [2.05, 4.69) is 4.98 Å². The lowest BCUT2D eigenvalue weighted by atomic mass is 10.0. The van der Waals surface area contributed by atoms with Crippen LogP contribution in [-0.2, 0) is 22.6 Å². The van der Waals surface area contributed by atoms with Crippen molar-refractivity contribution in [2.75, 3.05) is 6.61 Å². The van der Waals surface area contributed by atoms with Gasteiger partial charge in [-0.2, -0.15) is 4.98 Å². The average molecular weight is 393 g/mol. The van der Waals surface area contributed by atoms with E-state index in [1.54, 1.807) is 13.8 Å². The topological polar surface area (TPSA) is 70.4 Å². The van der Waals surface area contributed by atoms with Gasteiger partial charge >= 0.3 is 5.97 Å². The van der Waals surface area contributed by atoms with Crippen LogP contribution in [0.15, 0.2) is 29.1 Å². The summed E-state index contributed by atoms with van der Waals surface area (Å²) in [6.07, 6.45) is 0.848. The fourth-order valence-corrected chi connectivity index (χ4v) is 3.04. The third-order valence-corrected chi connectivity index (χ3v) is 4.43. The van der Waals surface area contributed by atoms with E-state index >= 15 is 0 Å². The van der Waals surface area contributed by atoms with Crippen LogP contribution in [0, 0.1) is 6.92 Å². The number of esters is 1. The Morgan fingerprint density at radius 1 is 1.26 bits per heavy atom. The molecule has 0 aliphatic heterocycles. The number of hydrogen-bond acceptors (Lipinski definition) is 5. The zero-order chi connectivity index (χ0) is 20.0. The van der Waals surface area contributed by atoms with Crippen LogP contribution in [0.1, 0.15) is 50.2 Å². The maximum atomic E-state index is 12.4. The van der Waals surface area contributed by atoms with E-state index in [1.165, 1.54) is 4.57 Å². The number of aryl methyl sites for hydroxylation is 2. The first-order valence-electron chi connectivity index (χ1n) is 8.99. The number of rotatable bonds is 8. The molecule has 0 atom stereocenters. The molecule has 2 aromatic rings. The van der Waals surface area contributed by atoms with Crippen molar-refractivity contribution in [3.63, 3.8) is 0 Å². The molecule has 1 aromatic carbocycles. The van der Waals surface area contributed by atoms with Gasteiger partial charge in [-0.15, -0.1) is 0 Å². The van der Waals surface area contributed by atoms with Crippen molar-refractivity contribution in [2.45, 2.75) is 53.2 Å². The Morgan fingerprint density at radius 2 is 1.93 bits per heavy atom. The number of carbonyl (C=O) groups is 1. The van der Waals surface area contributed by atoms with Gasteiger partial charge in [0.05, 0.1) is 6.61 Å². The van der Waals surface area contributed by atoms with Crippen molar-refractivity contribution < 1.29 is 14.3 Å². The number of aromatic nitrogens is 2. The van der Waals surface area contributed by atoms with Crippen LogP contribution in [0.3, 0.4) is 0 Å². The first kappa shape index (κ1) is 21.0. The third-order valence-electron chi connectivity index (χ3n) is 4.11. The smallest absolute Gasteiger partial charge is 0.306 e. The monoisotopic (exact) mass is 392 g/mol. The molecule has 0 radical (unpaired) electrons. The molecule has 0 saturated carbocycles. The predicted molar refractivity (Wildman–Crippen MR) is 104 cm³/mol. The molecular weight excluding hydrogens is 368 g/mol. The van der Waals surface area contributed by atoms with E-state index in [9.17, 15) is 9.59 Å². The molecule has 1 heterocycles. The van der Waals surface area contributed by atoms with Gasteiger partial charge in [0.1, 0.15) is 12.4 Å². The predicted octanol–water partition coefficient (Wildman–Crippen LogP) is 3.86. The van der Waals surface area contributed by atoms with Crippen LogP contribution < -0.4 is 10.3 Å². The molecule has 0 bridgehead atoms. The zero-order valence-corrected chi connectivity index (χ0v) is 16.9. The van der Waals surface area contributed by atoms with E-state index in [0.717, 1.165) is 11.1 Å². The molecule has 0 saturated heterocycles. The summed E-state index contributed by atoms with van der Waals surface area (Å²) in [5.41, 5.74) is 1.57. The van der Waals surface area contributed by atoms with Crippen LogP contribution in [0.25, 0.3) is 0 Å². The quantitative estimate of drug-likeness (QED) is 0.638. The van der Waals surface area contributed by atoms with Crippen LogP contribution in [0.4, 0.5) is 0 Å². The molecule has 2 rings (SSSR count). The first-order chi connectivity index (χ1) is 12.8. The van der Waals surface area contributed by atoms with Gasteiger partial charge in [0.25, 0.3) is 5.56 Å². The second-order valence-corrected chi connectivity index (χ2v) is 6.79. The lowest BCUT2D eigenvalue weighted by Crippen LogP contribution is -2.26. The van der Waals surface area contributed by atoms with Gasteiger partial charge in [-0.3, -0.25) is 14.2 Å². The second-order valence-electron chi connectivity index (χ2n) is 6.41. The summed E-state index contributed by atoms with van der Waals surface area (Å²) in [7, 11) is 0. The summed E-state index contributed by atoms with van der Waals surface area (Å²) in [4.78, 5) is 28.4. The molecule has 7 heteroatoms. The summed E-state index contributed by atoms with van der Waals surface area (Å²) < 4.78 is 12.2. The number of hydrogen-bond donors (Lipinski definition) is 0. The summed E-state index contributed by atoms with van der Waals surface area (Å²) in [5.74, 6) is 0.437. The van der Waals surface area contributed by atoms with Gasteiger partial charge in [-0.25, -0.2) is 0 Å². The standard InChI is InChI=1S/C20H25ClN2O4/c1-5-26-17(24)11-10-15-8-6-7-9-16(15)12-27-19-18(21)20(25)23(13(2)3)14(4)22-19/h6-9,13H,5,10-12H2,1-4H3. The van der Waals surface area contributed by atoms with E-state index in [1.807, 2.05) is 38.1 Å². The number of carbonyl (C=O) groups excluding carboxylic acids is 1. The minimum Gasteiger partial charge on any atom is -0.472 e. The molecular formula is C20H25ClN2O4. The van der Waals surface area contributed by atoms with Crippen LogP contribution in [0.2, 0.25) is 5.02 Å². The van der Waals surface area contributed by atoms with Crippen molar-refractivity contribution in [3.8, 4) is 5.88 Å². The maximum absolute atomic E-state index is 12.4. The molecule has 0 fully saturated rings. The molecule has 0 aliphatic carbocycles. The first-order valence-corrected chi connectivity index (χ1v) is 9.36. The Kier molecular flexibility index (Phi) is 7.42. The van der Waals surface area contributed by atoms with Crippen LogP contribution >= 0.6 is 11.6 Å². The molecule has 146 valence electrons. The molecule has 0 N–H and O–H groups in total. The lowest BCUT2D eigenvalue weighted by Gasteiger charge is -2.16. The van der Waals surface area contributed by atoms with Crippen molar-refractivity contribution in [1.29, 1.82) is 0 Å². The van der Waals surface area contributed by atoms with Gasteiger partial charge in [-0.1, -0.05) is 35.9 Å². The molecule has 0 aliphatic rings. The summed E-state index contributed by atoms with van der Waals surface area (Å²) in [5, 5.41) is -0.0293. The van der Waals surface area contributed by atoms with Gasteiger partial charge in [0.2, 0.25) is 5.88 Å². The summed E-state index contributed by atoms with van der Waals surface area (Å²) in [6.45, 7) is 7.90. The van der Waals surface area contributed by atoms with Crippen molar-refractivity contribution >= 4 is 17.6 Å². The second kappa shape index (κ2) is 9.55. The van der Waals surface area contributed by atoms with E-state index in [0.29, 0.717) is 25.3 Å². The minimum absolute atomic E-state index is 0.0293. The fourth-order valence-electron chi connectivity index (χ4n) is 2.86. The Bertz CT molecular complexity index is 862. The van der Waals surface area contributed by atoms with E-state index < -0.39 is 0 Å². The number of halogens is 1. The molecule has 0 spiro atoms. The Labute approximate surface area is 164 Å². The normalized spacial score (nSPS) is 10.9. The van der Waals surface area contributed by atoms with Crippen molar-refractivity contribution in [1.82, 2.24) is 9.55 Å². The van der Waals surface area contributed by atoms with Gasteiger partial charge in [0, 0.05) is 12.5 Å². The van der Waals surface area contributed by atoms with Crippen molar-refractivity contribution in [2.24, 2.45) is 0 Å². The molecule has 6 nitrogen and oxygen atoms in total. The van der Waals surface area contributed by atoms with E-state index in [4.69, 9.17) is 21.1 Å². The Balaban J connectivity index is 2.16. The van der Waals surface area contributed by atoms with Gasteiger partial charge < -0.3 is 9.47 Å². The Morgan fingerprint density at radius 3 is 2.56 bits per heavy atom. The van der Waals surface area contributed by atoms with Gasteiger partial charge in [0.15, 0.2) is 5.02 Å². The highest BCUT2D eigenvalue weighted by Gasteiger charge is 2.16. The number of benzene rings is 1. The fraction of sp³-hybridized carbons (Fsp3) is 0.450. The highest BCUT2D eigenvalue weighted by molar-refractivity contribution is 6.31. The highest BCUT2D eigenvalue weighted by atomic mass is 35.5. The van der Waals surface area contributed by atoms with Crippen LogP contribution in [-0.4, -0.2) is 22.1 Å². The highest BCUT2D eigenvalue weighted by Crippen LogP contribution is 2.22. The lowest BCUT2D eigenvalue weighted by molar-refractivity contribution is -0.143. The number of ether oxygens (including phenoxy) is 2. The average Bonchev–Trinajstić information content (AvgIpc) is 2.62. The van der Waals surface area contributed by atoms with Gasteiger partial charge in [-0.05, 0) is 45.2 Å². The van der Waals surface area contributed by atoms with Crippen molar-refractivity contribution in [3.05, 3.63) is 56.6 Å². The molecule has 0 unspecified atom stereocenters. The molecule has 1 aromatic heterocycles. The molecule has 27 heavy (non-hydrogen) atoms. The molecule has 0 amide bonds.